The molecular weight excluding hydrogens is 276 g/mol. The van der Waals surface area contributed by atoms with Crippen molar-refractivity contribution in [1.82, 2.24) is 4.90 Å². The van der Waals surface area contributed by atoms with Crippen LogP contribution in [0.1, 0.15) is 52.4 Å². The molecule has 118 valence electrons. The molecule has 0 spiro atoms. The molecule has 1 amide bonds. The Labute approximate surface area is 128 Å². The van der Waals surface area contributed by atoms with Gasteiger partial charge in [-0.3, -0.25) is 4.79 Å². The number of carbonyl (C=O) groups excluding carboxylic acids is 1. The normalized spacial score (nSPS) is 25.6. The molecule has 0 aromatic rings. The molecule has 1 aliphatic carbocycles. The molecule has 1 atom stereocenters. The van der Waals surface area contributed by atoms with Crippen molar-refractivity contribution in [3.05, 3.63) is 0 Å². The van der Waals surface area contributed by atoms with Crippen molar-refractivity contribution in [1.29, 1.82) is 0 Å². The highest BCUT2D eigenvalue weighted by Crippen LogP contribution is 2.29. The van der Waals surface area contributed by atoms with Crippen LogP contribution in [0, 0.1) is 5.92 Å². The molecule has 2 aliphatic rings. The number of likely N-dealkylation sites (tertiary alicyclic amines) is 1. The van der Waals surface area contributed by atoms with Gasteiger partial charge in [0.2, 0.25) is 5.91 Å². The van der Waals surface area contributed by atoms with Crippen molar-refractivity contribution in [2.75, 3.05) is 19.7 Å². The van der Waals surface area contributed by atoms with Gasteiger partial charge in [0, 0.05) is 19.7 Å². The zero-order chi connectivity index (χ0) is 13.9. The predicted molar refractivity (Wildman–Crippen MR) is 83.0 cm³/mol. The van der Waals surface area contributed by atoms with E-state index in [0.29, 0.717) is 5.92 Å². The van der Waals surface area contributed by atoms with Crippen LogP contribution in [-0.4, -0.2) is 42.1 Å². The van der Waals surface area contributed by atoms with Gasteiger partial charge < -0.3 is 15.4 Å². The largest absolute Gasteiger partial charge is 0.376 e. The smallest absolute Gasteiger partial charge is 0.242 e. The number of nitrogens with two attached hydrogens (primary N) is 1. The zero-order valence-electron chi connectivity index (χ0n) is 12.8. The van der Waals surface area contributed by atoms with Crippen LogP contribution in [0.4, 0.5) is 0 Å². The summed E-state index contributed by atoms with van der Waals surface area (Å²) in [7, 11) is 0. The molecule has 1 unspecified atom stereocenters. The van der Waals surface area contributed by atoms with E-state index in [9.17, 15) is 4.79 Å². The molecule has 1 saturated carbocycles. The van der Waals surface area contributed by atoms with E-state index in [1.165, 1.54) is 6.42 Å². The van der Waals surface area contributed by atoms with Gasteiger partial charge in [0.1, 0.15) is 0 Å². The van der Waals surface area contributed by atoms with E-state index in [4.69, 9.17) is 10.5 Å². The summed E-state index contributed by atoms with van der Waals surface area (Å²) in [6.07, 6.45) is 6.24. The van der Waals surface area contributed by atoms with Crippen molar-refractivity contribution in [2.24, 2.45) is 11.7 Å². The molecular formula is C15H29ClN2O2. The average Bonchev–Trinajstić information content (AvgIpc) is 2.85. The molecule has 4 nitrogen and oxygen atoms in total. The molecule has 0 bridgehead atoms. The highest BCUT2D eigenvalue weighted by atomic mass is 35.5. The van der Waals surface area contributed by atoms with Crippen molar-refractivity contribution < 1.29 is 9.53 Å². The minimum Gasteiger partial charge on any atom is -0.376 e. The molecule has 20 heavy (non-hydrogen) atoms. The van der Waals surface area contributed by atoms with Crippen LogP contribution < -0.4 is 5.73 Å². The van der Waals surface area contributed by atoms with Crippen molar-refractivity contribution in [2.45, 2.75) is 64.0 Å². The van der Waals surface area contributed by atoms with E-state index >= 15 is 0 Å². The first kappa shape index (κ1) is 17.7. The maximum absolute atomic E-state index is 12.6. The van der Waals surface area contributed by atoms with Crippen molar-refractivity contribution in [3.8, 4) is 0 Å². The monoisotopic (exact) mass is 304 g/mol. The molecule has 2 fully saturated rings. The van der Waals surface area contributed by atoms with E-state index in [2.05, 4.69) is 13.8 Å². The van der Waals surface area contributed by atoms with Gasteiger partial charge >= 0.3 is 0 Å². The average molecular weight is 305 g/mol. The number of ether oxygens (including phenoxy) is 1. The van der Waals surface area contributed by atoms with Gasteiger partial charge in [0.15, 0.2) is 0 Å². The number of hydrogen-bond acceptors (Lipinski definition) is 3. The molecule has 1 aliphatic heterocycles. The van der Waals surface area contributed by atoms with Gasteiger partial charge in [-0.1, -0.05) is 33.1 Å². The van der Waals surface area contributed by atoms with Gasteiger partial charge in [-0.05, 0) is 25.2 Å². The van der Waals surface area contributed by atoms with Gasteiger partial charge in [-0.25, -0.2) is 0 Å². The van der Waals surface area contributed by atoms with E-state index in [-0.39, 0.29) is 24.4 Å². The second-order valence-electron chi connectivity index (χ2n) is 6.61. The first-order chi connectivity index (χ1) is 9.01. The second kappa shape index (κ2) is 7.62. The van der Waals surface area contributed by atoms with Gasteiger partial charge in [-0.2, -0.15) is 0 Å². The third-order valence-electron chi connectivity index (χ3n) is 4.27. The summed E-state index contributed by atoms with van der Waals surface area (Å²) in [5, 5.41) is 0. The maximum atomic E-state index is 12.6. The Morgan fingerprint density at radius 1 is 1.35 bits per heavy atom. The molecule has 1 saturated heterocycles. The summed E-state index contributed by atoms with van der Waals surface area (Å²) < 4.78 is 5.83. The predicted octanol–water partition coefficient (Wildman–Crippen LogP) is 2.34. The van der Waals surface area contributed by atoms with Crippen LogP contribution in [-0.2, 0) is 9.53 Å². The fraction of sp³-hybridized carbons (Fsp3) is 0.933. The minimum atomic E-state index is -0.592. The lowest BCUT2D eigenvalue weighted by Crippen LogP contribution is -2.55. The highest BCUT2D eigenvalue weighted by molar-refractivity contribution is 5.86. The first-order valence-corrected chi connectivity index (χ1v) is 7.71. The lowest BCUT2D eigenvalue weighted by atomic mass is 9.81. The molecule has 0 aromatic heterocycles. The standard InChI is InChI=1S/C15H28N2O2.ClH/c1-12(2)11-19-13-6-9-17(10-13)14(18)15(16)7-4-3-5-8-15;/h12-13H,3-11,16H2,1-2H3;1H. The Kier molecular flexibility index (Phi) is 6.76. The summed E-state index contributed by atoms with van der Waals surface area (Å²) in [4.78, 5) is 14.5. The number of amides is 1. The Morgan fingerprint density at radius 3 is 2.60 bits per heavy atom. The van der Waals surface area contributed by atoms with Crippen LogP contribution in [0.2, 0.25) is 0 Å². The van der Waals surface area contributed by atoms with E-state index in [0.717, 1.165) is 51.8 Å². The third kappa shape index (κ3) is 4.34. The fourth-order valence-electron chi connectivity index (χ4n) is 3.09. The zero-order valence-corrected chi connectivity index (χ0v) is 13.6. The molecule has 2 rings (SSSR count). The molecule has 5 heteroatoms. The van der Waals surface area contributed by atoms with Crippen molar-refractivity contribution in [3.63, 3.8) is 0 Å². The molecule has 0 aromatic carbocycles. The fourth-order valence-corrected chi connectivity index (χ4v) is 3.09. The van der Waals surface area contributed by atoms with Crippen LogP contribution >= 0.6 is 12.4 Å². The summed E-state index contributed by atoms with van der Waals surface area (Å²) in [5.74, 6) is 0.701. The van der Waals surface area contributed by atoms with Crippen molar-refractivity contribution >= 4 is 18.3 Å². The number of carbonyl (C=O) groups is 1. The van der Waals surface area contributed by atoms with E-state index in [1.54, 1.807) is 0 Å². The van der Waals surface area contributed by atoms with E-state index < -0.39 is 5.54 Å². The van der Waals surface area contributed by atoms with Crippen LogP contribution in [0.25, 0.3) is 0 Å². The second-order valence-corrected chi connectivity index (χ2v) is 6.61. The Hall–Kier alpha value is -0.320. The third-order valence-corrected chi connectivity index (χ3v) is 4.27. The van der Waals surface area contributed by atoms with Crippen LogP contribution in [0.5, 0.6) is 0 Å². The first-order valence-electron chi connectivity index (χ1n) is 7.71. The Bertz CT molecular complexity index is 317. The molecule has 1 heterocycles. The quantitative estimate of drug-likeness (QED) is 0.867. The number of rotatable bonds is 4. The highest BCUT2D eigenvalue weighted by Gasteiger charge is 2.40. The molecule has 2 N–H and O–H groups in total. The SMILES string of the molecule is CC(C)COC1CCN(C(=O)C2(N)CCCCC2)C1.Cl. The topological polar surface area (TPSA) is 55.6 Å². The number of hydrogen-bond donors (Lipinski definition) is 1. The van der Waals surface area contributed by atoms with Gasteiger partial charge in [-0.15, -0.1) is 12.4 Å². The minimum absolute atomic E-state index is 0. The van der Waals surface area contributed by atoms with Crippen LogP contribution in [0.3, 0.4) is 0 Å². The Balaban J connectivity index is 0.00000200. The summed E-state index contributed by atoms with van der Waals surface area (Å²) in [6, 6.07) is 0. The van der Waals surface area contributed by atoms with Crippen LogP contribution in [0.15, 0.2) is 0 Å². The number of halogens is 1. The Morgan fingerprint density at radius 2 is 2.00 bits per heavy atom. The van der Waals surface area contributed by atoms with Gasteiger partial charge in [0.05, 0.1) is 11.6 Å². The summed E-state index contributed by atoms with van der Waals surface area (Å²) in [6.45, 7) is 6.61. The number of nitrogens with zero attached hydrogens (tertiary/aromatic N) is 1. The van der Waals surface area contributed by atoms with Gasteiger partial charge in [0.25, 0.3) is 0 Å². The lowest BCUT2D eigenvalue weighted by Gasteiger charge is -2.35. The summed E-state index contributed by atoms with van der Waals surface area (Å²) >= 11 is 0. The summed E-state index contributed by atoms with van der Waals surface area (Å²) in [5.41, 5.74) is 5.73. The maximum Gasteiger partial charge on any atom is 0.242 e. The lowest BCUT2D eigenvalue weighted by molar-refractivity contribution is -0.137. The molecule has 0 radical (unpaired) electrons. The van der Waals surface area contributed by atoms with E-state index in [1.807, 2.05) is 4.90 Å².